The van der Waals surface area contributed by atoms with E-state index in [1.807, 2.05) is 0 Å². The SMILES string of the molecule is Cc1cccc(NC(=O)NC(Cc2ccc(O)cc2)C(=O)NC(CNS(N)(=O)=O)c2ccccc2)n1. The van der Waals surface area contributed by atoms with Crippen LogP contribution in [0.25, 0.3) is 0 Å². The molecule has 2 aromatic carbocycles. The molecule has 1 heterocycles. The van der Waals surface area contributed by atoms with E-state index in [0.717, 1.165) is 0 Å². The van der Waals surface area contributed by atoms with Gasteiger partial charge in [-0.2, -0.15) is 8.42 Å². The van der Waals surface area contributed by atoms with E-state index in [9.17, 15) is 23.1 Å². The maximum Gasteiger partial charge on any atom is 0.321 e. The van der Waals surface area contributed by atoms with E-state index in [-0.39, 0.29) is 18.7 Å². The number of phenols is 1. The smallest absolute Gasteiger partial charge is 0.321 e. The van der Waals surface area contributed by atoms with Gasteiger partial charge in [0.25, 0.3) is 10.2 Å². The lowest BCUT2D eigenvalue weighted by molar-refractivity contribution is -0.123. The van der Waals surface area contributed by atoms with Crippen LogP contribution in [0, 0.1) is 6.92 Å². The molecule has 0 saturated carbocycles. The number of phenolic OH excluding ortho intramolecular Hbond substituents is 1. The number of nitrogens with one attached hydrogen (secondary N) is 4. The summed E-state index contributed by atoms with van der Waals surface area (Å²) >= 11 is 0. The average molecular weight is 513 g/mol. The molecule has 190 valence electrons. The van der Waals surface area contributed by atoms with E-state index in [4.69, 9.17) is 5.14 Å². The fourth-order valence-corrected chi connectivity index (χ4v) is 3.81. The number of anilines is 1. The maximum absolute atomic E-state index is 13.3. The number of hydrogen-bond donors (Lipinski definition) is 6. The van der Waals surface area contributed by atoms with Crippen molar-refractivity contribution in [2.45, 2.75) is 25.4 Å². The third kappa shape index (κ3) is 8.65. The summed E-state index contributed by atoms with van der Waals surface area (Å²) in [4.78, 5) is 30.3. The molecule has 0 saturated heterocycles. The van der Waals surface area contributed by atoms with E-state index in [0.29, 0.717) is 22.6 Å². The summed E-state index contributed by atoms with van der Waals surface area (Å²) in [5.74, 6) is -0.175. The van der Waals surface area contributed by atoms with Crippen LogP contribution in [0.5, 0.6) is 5.75 Å². The van der Waals surface area contributed by atoms with Gasteiger partial charge in [0, 0.05) is 18.7 Å². The second-order valence-corrected chi connectivity index (χ2v) is 9.43. The Hall–Kier alpha value is -4.00. The Morgan fingerprint density at radius 2 is 1.67 bits per heavy atom. The summed E-state index contributed by atoms with van der Waals surface area (Å²) in [5, 5.41) is 22.7. The number of nitrogens with two attached hydrogens (primary N) is 1. The van der Waals surface area contributed by atoms with Crippen LogP contribution in [0.3, 0.4) is 0 Å². The minimum Gasteiger partial charge on any atom is -0.508 e. The number of amides is 3. The monoisotopic (exact) mass is 512 g/mol. The number of rotatable bonds is 10. The lowest BCUT2D eigenvalue weighted by Crippen LogP contribution is -2.51. The Morgan fingerprint density at radius 3 is 2.31 bits per heavy atom. The third-order valence-corrected chi connectivity index (χ3v) is 5.70. The van der Waals surface area contributed by atoms with E-state index < -0.39 is 34.2 Å². The van der Waals surface area contributed by atoms with Gasteiger partial charge in [-0.1, -0.05) is 48.5 Å². The van der Waals surface area contributed by atoms with E-state index in [1.165, 1.54) is 12.1 Å². The Bertz CT molecular complexity index is 1290. The van der Waals surface area contributed by atoms with Gasteiger partial charge in [-0.25, -0.2) is 19.6 Å². The van der Waals surface area contributed by atoms with Crippen LogP contribution in [0.1, 0.15) is 22.9 Å². The summed E-state index contributed by atoms with van der Waals surface area (Å²) in [6.07, 6.45) is 0.102. The fraction of sp³-hybridized carbons (Fsp3) is 0.208. The predicted molar refractivity (Wildman–Crippen MR) is 135 cm³/mol. The maximum atomic E-state index is 13.3. The highest BCUT2D eigenvalue weighted by atomic mass is 32.2. The molecule has 0 aliphatic rings. The molecule has 1 aromatic heterocycles. The minimum absolute atomic E-state index is 0.0641. The molecular weight excluding hydrogens is 484 g/mol. The van der Waals surface area contributed by atoms with Crippen LogP contribution in [0.15, 0.2) is 72.8 Å². The zero-order valence-corrected chi connectivity index (χ0v) is 20.3. The van der Waals surface area contributed by atoms with E-state index >= 15 is 0 Å². The van der Waals surface area contributed by atoms with Gasteiger partial charge < -0.3 is 15.7 Å². The molecule has 0 spiro atoms. The molecule has 11 nitrogen and oxygen atoms in total. The quantitative estimate of drug-likeness (QED) is 0.240. The first-order valence-corrected chi connectivity index (χ1v) is 12.6. The summed E-state index contributed by atoms with van der Waals surface area (Å²) in [5.41, 5.74) is 2.03. The number of benzene rings is 2. The van der Waals surface area contributed by atoms with Crippen LogP contribution in [0.2, 0.25) is 0 Å². The first kappa shape index (κ1) is 26.6. The van der Waals surface area contributed by atoms with Crippen molar-refractivity contribution in [2.24, 2.45) is 5.14 Å². The molecule has 3 amide bonds. The number of urea groups is 1. The summed E-state index contributed by atoms with van der Waals surface area (Å²) in [7, 11) is -4.00. The Balaban J connectivity index is 1.80. The van der Waals surface area contributed by atoms with E-state index in [2.05, 4.69) is 25.7 Å². The molecule has 0 aliphatic carbocycles. The summed E-state index contributed by atoms with van der Waals surface area (Å²) < 4.78 is 25.1. The second-order valence-electron chi connectivity index (χ2n) is 8.05. The molecule has 12 heteroatoms. The fourth-order valence-electron chi connectivity index (χ4n) is 3.41. The molecule has 3 aromatic rings. The first-order valence-electron chi connectivity index (χ1n) is 11.0. The van der Waals surface area contributed by atoms with Gasteiger partial charge in [0.2, 0.25) is 5.91 Å². The van der Waals surface area contributed by atoms with Crippen molar-refractivity contribution < 1.29 is 23.1 Å². The van der Waals surface area contributed by atoms with Crippen molar-refractivity contribution in [1.29, 1.82) is 0 Å². The largest absolute Gasteiger partial charge is 0.508 e. The van der Waals surface area contributed by atoms with Crippen LogP contribution in [0.4, 0.5) is 10.6 Å². The van der Waals surface area contributed by atoms with Crippen LogP contribution in [-0.4, -0.2) is 43.0 Å². The van der Waals surface area contributed by atoms with Crippen molar-refractivity contribution in [3.63, 3.8) is 0 Å². The number of aryl methyl sites for hydroxylation is 1. The van der Waals surface area contributed by atoms with E-state index in [1.54, 1.807) is 67.6 Å². The molecule has 3 rings (SSSR count). The molecule has 0 radical (unpaired) electrons. The summed E-state index contributed by atoms with van der Waals surface area (Å²) in [6.45, 7) is 1.59. The van der Waals surface area contributed by atoms with Gasteiger partial charge in [-0.15, -0.1) is 0 Å². The third-order valence-electron chi connectivity index (χ3n) is 5.13. The zero-order chi connectivity index (χ0) is 26.1. The zero-order valence-electron chi connectivity index (χ0n) is 19.5. The molecular formula is C24H28N6O5S. The van der Waals surface area contributed by atoms with Gasteiger partial charge >= 0.3 is 6.03 Å². The van der Waals surface area contributed by atoms with Crippen molar-refractivity contribution >= 4 is 28.0 Å². The number of aromatic hydroxyl groups is 1. The Labute approximate surface area is 209 Å². The predicted octanol–water partition coefficient (Wildman–Crippen LogP) is 1.48. The number of hydrogen-bond acceptors (Lipinski definition) is 6. The number of pyridine rings is 1. The topological polar surface area (TPSA) is 176 Å². The van der Waals surface area contributed by atoms with Crippen molar-refractivity contribution in [3.05, 3.63) is 89.6 Å². The summed E-state index contributed by atoms with van der Waals surface area (Å²) in [6, 6.07) is 17.7. The number of carbonyl (C=O) groups excluding carboxylic acids is 2. The number of carbonyl (C=O) groups is 2. The van der Waals surface area contributed by atoms with Crippen molar-refractivity contribution in [1.82, 2.24) is 20.3 Å². The lowest BCUT2D eigenvalue weighted by Gasteiger charge is -2.24. The molecule has 0 fully saturated rings. The highest BCUT2D eigenvalue weighted by Crippen LogP contribution is 2.15. The van der Waals surface area contributed by atoms with Gasteiger partial charge in [0.05, 0.1) is 6.04 Å². The van der Waals surface area contributed by atoms with Crippen LogP contribution < -0.4 is 25.8 Å². The van der Waals surface area contributed by atoms with Gasteiger partial charge in [0.1, 0.15) is 17.6 Å². The standard InChI is InChI=1S/C24H28N6O5S/c1-16-6-5-9-22(27-16)30-24(33)29-20(14-17-10-12-19(31)13-11-17)23(32)28-21(15-26-36(25,34)35)18-7-3-2-4-8-18/h2-13,20-21,26,31H,14-15H2,1H3,(H,28,32)(H2,25,34,35)(H2,27,29,30,33). The van der Waals surface area contributed by atoms with Crippen LogP contribution in [-0.2, 0) is 21.4 Å². The molecule has 0 aliphatic heterocycles. The van der Waals surface area contributed by atoms with Gasteiger partial charge in [-0.3, -0.25) is 10.1 Å². The van der Waals surface area contributed by atoms with Crippen LogP contribution >= 0.6 is 0 Å². The van der Waals surface area contributed by atoms with Crippen molar-refractivity contribution in [2.75, 3.05) is 11.9 Å². The highest BCUT2D eigenvalue weighted by molar-refractivity contribution is 7.87. The molecule has 0 bridgehead atoms. The second kappa shape index (κ2) is 12.1. The lowest BCUT2D eigenvalue weighted by atomic mass is 10.0. The Morgan fingerprint density at radius 1 is 0.972 bits per heavy atom. The average Bonchev–Trinajstić information content (AvgIpc) is 2.82. The molecule has 2 atom stereocenters. The first-order chi connectivity index (χ1) is 17.1. The number of aromatic nitrogens is 1. The van der Waals surface area contributed by atoms with Gasteiger partial charge in [0.15, 0.2) is 0 Å². The molecule has 2 unspecified atom stereocenters. The highest BCUT2D eigenvalue weighted by Gasteiger charge is 2.25. The molecule has 7 N–H and O–H groups in total. The minimum atomic E-state index is -4.00. The van der Waals surface area contributed by atoms with Crippen molar-refractivity contribution in [3.8, 4) is 5.75 Å². The Kier molecular flexibility index (Phi) is 8.95. The number of nitrogens with zero attached hydrogens (tertiary/aromatic N) is 1. The van der Waals surface area contributed by atoms with Gasteiger partial charge in [-0.05, 0) is 42.3 Å². The normalized spacial score (nSPS) is 12.8. The molecule has 36 heavy (non-hydrogen) atoms.